The number of pyridine rings is 1. The minimum atomic E-state index is 0.530. The van der Waals surface area contributed by atoms with E-state index in [1.807, 2.05) is 23.7 Å². The molecule has 1 aromatic carbocycles. The first-order chi connectivity index (χ1) is 9.19. The van der Waals surface area contributed by atoms with Gasteiger partial charge in [-0.25, -0.2) is 4.98 Å². The number of nitrogens with zero attached hydrogens (tertiary/aromatic N) is 3. The molecule has 0 saturated heterocycles. The number of halogens is 1. The number of hydrogen-bond acceptors (Lipinski definition) is 3. The Morgan fingerprint density at radius 3 is 2.89 bits per heavy atom. The molecule has 94 valence electrons. The Morgan fingerprint density at radius 1 is 1.26 bits per heavy atom. The normalized spacial score (nSPS) is 10.8. The third-order valence-corrected chi connectivity index (χ3v) is 3.23. The number of aromatic nitrogens is 3. The van der Waals surface area contributed by atoms with Gasteiger partial charge in [0.05, 0.1) is 11.0 Å². The zero-order chi connectivity index (χ0) is 13.4. The number of aryl methyl sites for hydroxylation is 1. The van der Waals surface area contributed by atoms with Crippen molar-refractivity contribution in [1.29, 1.82) is 0 Å². The number of carbonyl (C=O) groups is 1. The molecular formula is C14H10ClN3O. The summed E-state index contributed by atoms with van der Waals surface area (Å²) in [5.41, 5.74) is 3.14. The Labute approximate surface area is 114 Å². The van der Waals surface area contributed by atoms with Crippen LogP contribution in [0.3, 0.4) is 0 Å². The van der Waals surface area contributed by atoms with Gasteiger partial charge in [-0.15, -0.1) is 0 Å². The lowest BCUT2D eigenvalue weighted by Crippen LogP contribution is -1.94. The fourth-order valence-corrected chi connectivity index (χ4v) is 2.23. The highest BCUT2D eigenvalue weighted by atomic mass is 35.5. The molecule has 0 unspecified atom stereocenters. The maximum atomic E-state index is 10.8. The predicted molar refractivity (Wildman–Crippen MR) is 74.3 cm³/mol. The largest absolute Gasteiger partial charge is 0.327 e. The van der Waals surface area contributed by atoms with Crippen molar-refractivity contribution in [3.05, 3.63) is 47.2 Å². The van der Waals surface area contributed by atoms with Crippen molar-refractivity contribution < 1.29 is 4.79 Å². The topological polar surface area (TPSA) is 47.8 Å². The lowest BCUT2D eigenvalue weighted by Gasteiger charge is -2.02. The van der Waals surface area contributed by atoms with Crippen LogP contribution in [0.4, 0.5) is 0 Å². The van der Waals surface area contributed by atoms with Crippen molar-refractivity contribution in [2.24, 2.45) is 7.05 Å². The average molecular weight is 272 g/mol. The minimum Gasteiger partial charge on any atom is -0.327 e. The van der Waals surface area contributed by atoms with Crippen molar-refractivity contribution in [3.63, 3.8) is 0 Å². The van der Waals surface area contributed by atoms with Gasteiger partial charge in [0.1, 0.15) is 5.82 Å². The van der Waals surface area contributed by atoms with Crippen LogP contribution >= 0.6 is 11.6 Å². The minimum absolute atomic E-state index is 0.530. The Hall–Kier alpha value is -2.20. The molecule has 0 bridgehead atoms. The summed E-state index contributed by atoms with van der Waals surface area (Å²) in [7, 11) is 1.91. The van der Waals surface area contributed by atoms with Gasteiger partial charge in [-0.3, -0.25) is 9.78 Å². The predicted octanol–water partition coefficient (Wildman–Crippen LogP) is 3.10. The molecule has 0 aliphatic rings. The summed E-state index contributed by atoms with van der Waals surface area (Å²) >= 11 is 5.99. The lowest BCUT2D eigenvalue weighted by atomic mass is 10.2. The van der Waals surface area contributed by atoms with Gasteiger partial charge in [0.15, 0.2) is 6.29 Å². The molecule has 0 radical (unpaired) electrons. The molecule has 0 amide bonds. The van der Waals surface area contributed by atoms with Crippen LogP contribution in [0.1, 0.15) is 10.4 Å². The summed E-state index contributed by atoms with van der Waals surface area (Å²) in [4.78, 5) is 19.4. The second-order valence-electron chi connectivity index (χ2n) is 4.25. The molecule has 0 saturated carbocycles. The maximum Gasteiger partial charge on any atom is 0.151 e. The van der Waals surface area contributed by atoms with E-state index in [4.69, 9.17) is 11.6 Å². The van der Waals surface area contributed by atoms with E-state index >= 15 is 0 Å². The molecule has 2 heterocycles. The number of fused-ring (bicyclic) bond motifs is 1. The third kappa shape index (κ3) is 2.00. The fourth-order valence-electron chi connectivity index (χ4n) is 2.07. The van der Waals surface area contributed by atoms with Gasteiger partial charge in [0.2, 0.25) is 0 Å². The van der Waals surface area contributed by atoms with Crippen LogP contribution in [-0.4, -0.2) is 20.8 Å². The summed E-state index contributed by atoms with van der Waals surface area (Å²) in [6.07, 6.45) is 3.99. The van der Waals surface area contributed by atoms with Crippen LogP contribution in [0.25, 0.3) is 22.4 Å². The molecule has 2 aromatic heterocycles. The molecule has 19 heavy (non-hydrogen) atoms. The highest BCUT2D eigenvalue weighted by Gasteiger charge is 2.10. The standard InChI is InChI=1S/C14H10ClN3O/c1-18-13-5-11(15)2-3-12(13)17-14(18)10-4-9(8-19)6-16-7-10/h2-8H,1H3. The Bertz CT molecular complexity index is 779. The van der Waals surface area contributed by atoms with Gasteiger partial charge in [-0.05, 0) is 24.3 Å². The summed E-state index contributed by atoms with van der Waals surface area (Å²) < 4.78 is 1.94. The smallest absolute Gasteiger partial charge is 0.151 e. The fraction of sp³-hybridized carbons (Fsp3) is 0.0714. The second-order valence-corrected chi connectivity index (χ2v) is 4.69. The zero-order valence-corrected chi connectivity index (χ0v) is 10.9. The Kier molecular flexibility index (Phi) is 2.80. The summed E-state index contributed by atoms with van der Waals surface area (Å²) in [5.74, 6) is 0.758. The van der Waals surface area contributed by atoms with Crippen LogP contribution in [-0.2, 0) is 7.05 Å². The second kappa shape index (κ2) is 4.48. The van der Waals surface area contributed by atoms with Crippen molar-refractivity contribution in [2.75, 3.05) is 0 Å². The number of rotatable bonds is 2. The molecule has 3 rings (SSSR count). The van der Waals surface area contributed by atoms with E-state index in [1.165, 1.54) is 6.20 Å². The highest BCUT2D eigenvalue weighted by Crippen LogP contribution is 2.25. The van der Waals surface area contributed by atoms with Gasteiger partial charge in [-0.1, -0.05) is 11.6 Å². The van der Waals surface area contributed by atoms with Crippen molar-refractivity contribution in [3.8, 4) is 11.4 Å². The van der Waals surface area contributed by atoms with Crippen LogP contribution in [0.2, 0.25) is 5.02 Å². The molecule has 4 nitrogen and oxygen atoms in total. The first kappa shape index (κ1) is 11.9. The van der Waals surface area contributed by atoms with Crippen molar-refractivity contribution in [2.45, 2.75) is 0 Å². The first-order valence-electron chi connectivity index (χ1n) is 5.71. The van der Waals surface area contributed by atoms with E-state index < -0.39 is 0 Å². The Balaban J connectivity index is 2.24. The third-order valence-electron chi connectivity index (χ3n) is 3.00. The van der Waals surface area contributed by atoms with E-state index in [0.29, 0.717) is 10.6 Å². The van der Waals surface area contributed by atoms with Gasteiger partial charge in [0, 0.05) is 35.6 Å². The quantitative estimate of drug-likeness (QED) is 0.673. The van der Waals surface area contributed by atoms with Gasteiger partial charge in [0.25, 0.3) is 0 Å². The number of aldehydes is 1. The van der Waals surface area contributed by atoms with E-state index in [-0.39, 0.29) is 0 Å². The van der Waals surface area contributed by atoms with Crippen LogP contribution in [0.5, 0.6) is 0 Å². The SMILES string of the molecule is Cn1c(-c2cncc(C=O)c2)nc2ccc(Cl)cc21. The van der Waals surface area contributed by atoms with Crippen LogP contribution < -0.4 is 0 Å². The number of imidazole rings is 1. The maximum absolute atomic E-state index is 10.8. The molecule has 0 aliphatic heterocycles. The molecule has 0 fully saturated rings. The zero-order valence-electron chi connectivity index (χ0n) is 10.2. The molecule has 0 spiro atoms. The van der Waals surface area contributed by atoms with Crippen molar-refractivity contribution in [1.82, 2.24) is 14.5 Å². The molecule has 5 heteroatoms. The van der Waals surface area contributed by atoms with Crippen LogP contribution in [0.15, 0.2) is 36.7 Å². The van der Waals surface area contributed by atoms with E-state index in [1.54, 1.807) is 18.3 Å². The summed E-state index contributed by atoms with van der Waals surface area (Å²) in [6.45, 7) is 0. The number of benzene rings is 1. The summed E-state index contributed by atoms with van der Waals surface area (Å²) in [5, 5.41) is 0.668. The van der Waals surface area contributed by atoms with Gasteiger partial charge in [-0.2, -0.15) is 0 Å². The Morgan fingerprint density at radius 2 is 2.11 bits per heavy atom. The van der Waals surface area contributed by atoms with E-state index in [0.717, 1.165) is 28.7 Å². The molecular weight excluding hydrogens is 262 g/mol. The molecule has 0 aliphatic carbocycles. The van der Waals surface area contributed by atoms with E-state index in [2.05, 4.69) is 9.97 Å². The molecule has 0 atom stereocenters. The molecule has 0 N–H and O–H groups in total. The highest BCUT2D eigenvalue weighted by molar-refractivity contribution is 6.31. The molecule has 3 aromatic rings. The monoisotopic (exact) mass is 271 g/mol. The summed E-state index contributed by atoms with van der Waals surface area (Å²) in [6, 6.07) is 7.31. The number of carbonyl (C=O) groups excluding carboxylic acids is 1. The van der Waals surface area contributed by atoms with Gasteiger partial charge >= 0.3 is 0 Å². The average Bonchev–Trinajstić information content (AvgIpc) is 2.76. The van der Waals surface area contributed by atoms with E-state index in [9.17, 15) is 4.79 Å². The van der Waals surface area contributed by atoms with Crippen LogP contribution in [0, 0.1) is 0 Å². The van der Waals surface area contributed by atoms with Crippen molar-refractivity contribution >= 4 is 28.9 Å². The number of hydrogen-bond donors (Lipinski definition) is 0. The van der Waals surface area contributed by atoms with Gasteiger partial charge < -0.3 is 4.57 Å². The lowest BCUT2D eigenvalue weighted by molar-refractivity contribution is 0.112. The first-order valence-corrected chi connectivity index (χ1v) is 6.09.